The number of carboxylic acids is 1. The standard InChI is InChI=1S/C28H29ClFN3O3/c29-23-13-20(5-6-24(23)30)33-26-12-19-15-31-32-25(19)14-21(26)22(27(33)17-7-9-36-10-8-17)11-16-1-3-18(4-2-16)28(34)35/h5-6,12-18H,1-4,7-11H2,(H,31,32)(H,34,35). The third-order valence-corrected chi connectivity index (χ3v) is 8.42. The van der Waals surface area contributed by atoms with Crippen LogP contribution in [0.1, 0.15) is 55.7 Å². The zero-order valence-electron chi connectivity index (χ0n) is 20.0. The van der Waals surface area contributed by atoms with Crippen LogP contribution in [0.5, 0.6) is 0 Å². The van der Waals surface area contributed by atoms with Crippen molar-refractivity contribution in [3.63, 3.8) is 0 Å². The number of fused-ring (bicyclic) bond motifs is 2. The summed E-state index contributed by atoms with van der Waals surface area (Å²) in [5.41, 5.74) is 5.43. The van der Waals surface area contributed by atoms with Gasteiger partial charge in [0.2, 0.25) is 0 Å². The van der Waals surface area contributed by atoms with Gasteiger partial charge in [0.05, 0.1) is 28.2 Å². The van der Waals surface area contributed by atoms with E-state index >= 15 is 0 Å². The van der Waals surface area contributed by atoms with Gasteiger partial charge in [-0.3, -0.25) is 9.89 Å². The van der Waals surface area contributed by atoms with E-state index in [2.05, 4.69) is 26.9 Å². The molecule has 2 aromatic carbocycles. The monoisotopic (exact) mass is 509 g/mol. The molecule has 2 aromatic heterocycles. The van der Waals surface area contributed by atoms with Gasteiger partial charge in [-0.2, -0.15) is 5.10 Å². The molecule has 2 fully saturated rings. The number of nitrogens with zero attached hydrogens (tertiary/aromatic N) is 2. The second kappa shape index (κ2) is 9.52. The van der Waals surface area contributed by atoms with E-state index in [9.17, 15) is 14.3 Å². The van der Waals surface area contributed by atoms with Crippen molar-refractivity contribution in [2.75, 3.05) is 13.2 Å². The molecule has 1 saturated carbocycles. The summed E-state index contributed by atoms with van der Waals surface area (Å²) in [6, 6.07) is 9.27. The summed E-state index contributed by atoms with van der Waals surface area (Å²) in [7, 11) is 0. The number of ether oxygens (including phenoxy) is 1. The maximum atomic E-state index is 14.1. The second-order valence-corrected chi connectivity index (χ2v) is 10.7. The minimum atomic E-state index is -0.678. The van der Waals surface area contributed by atoms with Crippen LogP contribution in [-0.2, 0) is 16.0 Å². The lowest BCUT2D eigenvalue weighted by atomic mass is 9.78. The molecule has 1 aliphatic heterocycles. The van der Waals surface area contributed by atoms with Gasteiger partial charge in [-0.15, -0.1) is 0 Å². The summed E-state index contributed by atoms with van der Waals surface area (Å²) < 4.78 is 22.1. The van der Waals surface area contributed by atoms with Crippen LogP contribution in [0, 0.1) is 17.7 Å². The van der Waals surface area contributed by atoms with E-state index in [1.165, 1.54) is 17.3 Å². The van der Waals surface area contributed by atoms with Crippen molar-refractivity contribution < 1.29 is 19.0 Å². The first-order valence-corrected chi connectivity index (χ1v) is 13.1. The maximum absolute atomic E-state index is 14.1. The SMILES string of the molecule is O=C(O)C1CCC(Cc2c(C3CCOCC3)n(-c3ccc(F)c(Cl)c3)c3cc4cn[nH]c4cc23)CC1. The lowest BCUT2D eigenvalue weighted by molar-refractivity contribution is -0.143. The molecule has 3 heterocycles. The average molecular weight is 510 g/mol. The molecule has 6 rings (SSSR count). The Morgan fingerprint density at radius 1 is 1.14 bits per heavy atom. The molecule has 2 aliphatic rings. The van der Waals surface area contributed by atoms with Gasteiger partial charge in [0, 0.05) is 41.3 Å². The smallest absolute Gasteiger partial charge is 0.306 e. The number of hydrogen-bond acceptors (Lipinski definition) is 3. The largest absolute Gasteiger partial charge is 0.481 e. The molecule has 6 nitrogen and oxygen atoms in total. The molecule has 0 amide bonds. The number of carbonyl (C=O) groups is 1. The highest BCUT2D eigenvalue weighted by molar-refractivity contribution is 6.30. The van der Waals surface area contributed by atoms with Crippen LogP contribution in [0.25, 0.3) is 27.5 Å². The third kappa shape index (κ3) is 4.18. The highest BCUT2D eigenvalue weighted by Crippen LogP contribution is 2.42. The summed E-state index contributed by atoms with van der Waals surface area (Å²) in [6.07, 6.45) is 7.82. The minimum absolute atomic E-state index is 0.102. The van der Waals surface area contributed by atoms with Crippen molar-refractivity contribution in [3.05, 3.63) is 58.6 Å². The molecular formula is C28H29ClFN3O3. The molecule has 0 radical (unpaired) electrons. The quantitative estimate of drug-likeness (QED) is 0.316. The summed E-state index contributed by atoms with van der Waals surface area (Å²) in [5, 5.41) is 19.1. The number of halogens is 2. The lowest BCUT2D eigenvalue weighted by Crippen LogP contribution is -2.23. The van der Waals surface area contributed by atoms with E-state index in [4.69, 9.17) is 16.3 Å². The van der Waals surface area contributed by atoms with Gasteiger partial charge in [0.15, 0.2) is 0 Å². The Hall–Kier alpha value is -2.90. The zero-order chi connectivity index (χ0) is 24.8. The predicted molar refractivity (Wildman–Crippen MR) is 137 cm³/mol. The highest BCUT2D eigenvalue weighted by Gasteiger charge is 2.31. The molecule has 1 saturated heterocycles. The predicted octanol–water partition coefficient (Wildman–Crippen LogP) is 6.63. The Morgan fingerprint density at radius 3 is 2.64 bits per heavy atom. The number of aliphatic carboxylic acids is 1. The van der Waals surface area contributed by atoms with Crippen LogP contribution in [0.3, 0.4) is 0 Å². The molecule has 0 atom stereocenters. The molecule has 0 spiro atoms. The molecule has 0 bridgehead atoms. The molecule has 188 valence electrons. The first kappa shape index (κ1) is 23.5. The number of carboxylic acid groups (broad SMARTS) is 1. The summed E-state index contributed by atoms with van der Waals surface area (Å²) in [6.45, 7) is 1.43. The maximum Gasteiger partial charge on any atom is 0.306 e. The third-order valence-electron chi connectivity index (χ3n) is 8.13. The summed E-state index contributed by atoms with van der Waals surface area (Å²) >= 11 is 6.26. The minimum Gasteiger partial charge on any atom is -0.481 e. The summed E-state index contributed by atoms with van der Waals surface area (Å²) in [4.78, 5) is 11.5. The summed E-state index contributed by atoms with van der Waals surface area (Å²) in [5.74, 6) is -0.618. The molecule has 1 aliphatic carbocycles. The number of hydrogen-bond donors (Lipinski definition) is 2. The molecule has 8 heteroatoms. The Morgan fingerprint density at radius 2 is 1.92 bits per heavy atom. The Labute approximate surface area is 213 Å². The van der Waals surface area contributed by atoms with Crippen molar-refractivity contribution >= 4 is 39.4 Å². The van der Waals surface area contributed by atoms with Crippen LogP contribution >= 0.6 is 11.6 Å². The number of benzene rings is 2. The Kier molecular flexibility index (Phi) is 6.21. The molecule has 0 unspecified atom stereocenters. The van der Waals surface area contributed by atoms with Gasteiger partial charge >= 0.3 is 5.97 Å². The van der Waals surface area contributed by atoms with E-state index < -0.39 is 11.8 Å². The van der Waals surface area contributed by atoms with Crippen LogP contribution in [0.2, 0.25) is 5.02 Å². The zero-order valence-corrected chi connectivity index (χ0v) is 20.7. The number of rotatable bonds is 5. The fourth-order valence-corrected chi connectivity index (χ4v) is 6.40. The first-order chi connectivity index (χ1) is 17.5. The normalized spacial score (nSPS) is 21.4. The number of nitrogens with one attached hydrogen (secondary N) is 1. The molecule has 36 heavy (non-hydrogen) atoms. The Bertz CT molecular complexity index is 1430. The van der Waals surface area contributed by atoms with E-state index in [1.807, 2.05) is 6.20 Å². The molecule has 2 N–H and O–H groups in total. The number of aromatic amines is 1. The van der Waals surface area contributed by atoms with E-state index in [0.717, 1.165) is 72.4 Å². The second-order valence-electron chi connectivity index (χ2n) is 10.3. The Balaban J connectivity index is 1.54. The van der Waals surface area contributed by atoms with Gasteiger partial charge in [0.25, 0.3) is 0 Å². The van der Waals surface area contributed by atoms with Crippen LogP contribution in [0.15, 0.2) is 36.5 Å². The van der Waals surface area contributed by atoms with Crippen LogP contribution in [-0.4, -0.2) is 39.1 Å². The van der Waals surface area contributed by atoms with Crippen molar-refractivity contribution in [3.8, 4) is 5.69 Å². The lowest BCUT2D eigenvalue weighted by Gasteiger charge is -2.29. The van der Waals surface area contributed by atoms with Gasteiger partial charge < -0.3 is 14.4 Å². The van der Waals surface area contributed by atoms with E-state index in [-0.39, 0.29) is 10.9 Å². The fourth-order valence-electron chi connectivity index (χ4n) is 6.23. The van der Waals surface area contributed by atoms with Crippen molar-refractivity contribution in [1.29, 1.82) is 0 Å². The van der Waals surface area contributed by atoms with E-state index in [1.54, 1.807) is 12.1 Å². The number of aromatic nitrogens is 3. The highest BCUT2D eigenvalue weighted by atomic mass is 35.5. The van der Waals surface area contributed by atoms with E-state index in [0.29, 0.717) is 25.0 Å². The molecule has 4 aromatic rings. The van der Waals surface area contributed by atoms with Gasteiger partial charge in [-0.25, -0.2) is 4.39 Å². The van der Waals surface area contributed by atoms with Crippen molar-refractivity contribution in [2.45, 2.75) is 50.9 Å². The van der Waals surface area contributed by atoms with Crippen LogP contribution < -0.4 is 0 Å². The van der Waals surface area contributed by atoms with Gasteiger partial charge in [-0.05, 0) is 86.8 Å². The first-order valence-electron chi connectivity index (χ1n) is 12.8. The van der Waals surface area contributed by atoms with Crippen molar-refractivity contribution in [1.82, 2.24) is 14.8 Å². The fraction of sp³-hybridized carbons (Fsp3) is 0.429. The topological polar surface area (TPSA) is 80.1 Å². The average Bonchev–Trinajstić information content (AvgIpc) is 3.47. The van der Waals surface area contributed by atoms with Gasteiger partial charge in [-0.1, -0.05) is 11.6 Å². The number of H-pyrrole nitrogens is 1. The van der Waals surface area contributed by atoms with Crippen LogP contribution in [0.4, 0.5) is 4.39 Å². The van der Waals surface area contributed by atoms with Gasteiger partial charge in [0.1, 0.15) is 5.82 Å². The van der Waals surface area contributed by atoms with Crippen molar-refractivity contribution in [2.24, 2.45) is 11.8 Å². The molecular weight excluding hydrogens is 481 g/mol.